The maximum absolute atomic E-state index is 10.6. The molecular weight excluding hydrogens is 302 g/mol. The lowest BCUT2D eigenvalue weighted by molar-refractivity contribution is 0.446. The number of hydrogen-bond donors (Lipinski definition) is 2. The third-order valence-corrected chi connectivity index (χ3v) is 3.77. The molecule has 1 aromatic heterocycles. The van der Waals surface area contributed by atoms with Gasteiger partial charge in [0.2, 0.25) is 0 Å². The Labute approximate surface area is 142 Å². The largest absolute Gasteiger partial charge is 0.505 e. The van der Waals surface area contributed by atoms with Crippen molar-refractivity contribution in [1.29, 1.82) is 0 Å². The molecule has 0 unspecified atom stereocenters. The minimum atomic E-state index is -0.215. The highest BCUT2D eigenvalue weighted by Gasteiger charge is 2.25. The van der Waals surface area contributed by atoms with Gasteiger partial charge in [-0.25, -0.2) is 0 Å². The molecule has 0 atom stereocenters. The highest BCUT2D eigenvalue weighted by molar-refractivity contribution is 5.62. The molecule has 1 aromatic carbocycles. The molecule has 128 valence electrons. The number of anilines is 1. The van der Waals surface area contributed by atoms with E-state index in [0.29, 0.717) is 17.1 Å². The number of phenolic OH excluding ortho intramolecular Hbond substituents is 1. The molecule has 0 radical (unpaired) electrons. The van der Waals surface area contributed by atoms with Gasteiger partial charge >= 0.3 is 0 Å². The number of nitrogens with zero attached hydrogens (tertiary/aromatic N) is 4. The summed E-state index contributed by atoms with van der Waals surface area (Å²) in [6.07, 6.45) is 2.86. The third kappa shape index (κ3) is 3.88. The summed E-state index contributed by atoms with van der Waals surface area (Å²) in [5.74, 6) is 0.139. The van der Waals surface area contributed by atoms with Crippen LogP contribution in [0, 0.1) is 0 Å². The molecule has 0 bridgehead atoms. The number of benzene rings is 1. The van der Waals surface area contributed by atoms with Gasteiger partial charge in [0.05, 0.1) is 18.1 Å². The summed E-state index contributed by atoms with van der Waals surface area (Å²) >= 11 is 0. The van der Waals surface area contributed by atoms with E-state index in [0.717, 1.165) is 11.1 Å². The minimum absolute atomic E-state index is 0.0742. The van der Waals surface area contributed by atoms with Crippen molar-refractivity contribution in [1.82, 2.24) is 10.2 Å². The minimum Gasteiger partial charge on any atom is -0.505 e. The SMILES string of the molecule is CC(C)(C)c1cc(N=Nc2cnncc2N)c(O)c(C(C)(C)C)c1. The van der Waals surface area contributed by atoms with Gasteiger partial charge in [0, 0.05) is 5.56 Å². The first-order chi connectivity index (χ1) is 11.0. The van der Waals surface area contributed by atoms with E-state index in [1.807, 2.05) is 12.1 Å². The Bertz CT molecular complexity index is 770. The Balaban J connectivity index is 2.59. The summed E-state index contributed by atoms with van der Waals surface area (Å²) in [6, 6.07) is 3.90. The van der Waals surface area contributed by atoms with Crippen molar-refractivity contribution in [2.24, 2.45) is 10.2 Å². The summed E-state index contributed by atoms with van der Waals surface area (Å²) in [5, 5.41) is 26.4. The molecule has 2 aromatic rings. The first kappa shape index (κ1) is 17.8. The van der Waals surface area contributed by atoms with Gasteiger partial charge in [0.15, 0.2) is 0 Å². The fraction of sp³-hybridized carbons (Fsp3) is 0.444. The van der Waals surface area contributed by atoms with Crippen molar-refractivity contribution in [2.45, 2.75) is 52.4 Å². The molecule has 6 heteroatoms. The van der Waals surface area contributed by atoms with Crippen LogP contribution in [-0.2, 0) is 10.8 Å². The molecule has 0 spiro atoms. The number of nitrogen functional groups attached to an aromatic ring is 1. The number of hydrogen-bond acceptors (Lipinski definition) is 6. The number of aromatic hydroxyl groups is 1. The Morgan fingerprint density at radius 1 is 0.875 bits per heavy atom. The lowest BCUT2D eigenvalue weighted by Gasteiger charge is -2.26. The molecule has 0 amide bonds. The van der Waals surface area contributed by atoms with E-state index >= 15 is 0 Å². The van der Waals surface area contributed by atoms with Gasteiger partial charge in [-0.1, -0.05) is 47.6 Å². The summed E-state index contributed by atoms with van der Waals surface area (Å²) in [7, 11) is 0. The van der Waals surface area contributed by atoms with Gasteiger partial charge in [-0.2, -0.15) is 10.2 Å². The zero-order valence-electron chi connectivity index (χ0n) is 15.1. The predicted molar refractivity (Wildman–Crippen MR) is 96.1 cm³/mol. The van der Waals surface area contributed by atoms with Crippen molar-refractivity contribution in [3.63, 3.8) is 0 Å². The summed E-state index contributed by atoms with van der Waals surface area (Å²) < 4.78 is 0. The molecule has 0 aliphatic heterocycles. The molecule has 0 saturated heterocycles. The fourth-order valence-electron chi connectivity index (χ4n) is 2.22. The molecular formula is C18H25N5O. The van der Waals surface area contributed by atoms with Crippen molar-refractivity contribution >= 4 is 17.1 Å². The average Bonchev–Trinajstić information content (AvgIpc) is 2.45. The summed E-state index contributed by atoms with van der Waals surface area (Å²) in [6.45, 7) is 12.5. The van der Waals surface area contributed by atoms with E-state index < -0.39 is 0 Å². The topological polar surface area (TPSA) is 96.8 Å². The van der Waals surface area contributed by atoms with Gasteiger partial charge in [-0.15, -0.1) is 10.2 Å². The van der Waals surface area contributed by atoms with Crippen LogP contribution in [-0.4, -0.2) is 15.3 Å². The smallest absolute Gasteiger partial charge is 0.146 e. The highest BCUT2D eigenvalue weighted by Crippen LogP contribution is 2.42. The van der Waals surface area contributed by atoms with E-state index in [9.17, 15) is 5.11 Å². The lowest BCUT2D eigenvalue weighted by atomic mass is 9.80. The second-order valence-corrected chi connectivity index (χ2v) is 7.92. The molecule has 2 rings (SSSR count). The van der Waals surface area contributed by atoms with Gasteiger partial charge < -0.3 is 10.8 Å². The summed E-state index contributed by atoms with van der Waals surface area (Å²) in [5.41, 5.74) is 8.66. The lowest BCUT2D eigenvalue weighted by Crippen LogP contribution is -2.16. The van der Waals surface area contributed by atoms with Crippen molar-refractivity contribution in [3.8, 4) is 5.75 Å². The molecule has 6 nitrogen and oxygen atoms in total. The number of aromatic nitrogens is 2. The normalized spacial score (nSPS) is 12.8. The fourth-order valence-corrected chi connectivity index (χ4v) is 2.22. The highest BCUT2D eigenvalue weighted by atomic mass is 16.3. The average molecular weight is 327 g/mol. The van der Waals surface area contributed by atoms with Crippen LogP contribution in [0.4, 0.5) is 17.1 Å². The number of rotatable bonds is 2. The molecule has 1 heterocycles. The Kier molecular flexibility index (Phi) is 4.60. The van der Waals surface area contributed by atoms with E-state index in [4.69, 9.17) is 5.73 Å². The Hall–Kier alpha value is -2.50. The predicted octanol–water partition coefficient (Wildman–Crippen LogP) is 4.77. The van der Waals surface area contributed by atoms with E-state index in [2.05, 4.69) is 62.0 Å². The van der Waals surface area contributed by atoms with Gasteiger partial charge in [0.25, 0.3) is 0 Å². The molecule has 0 fully saturated rings. The van der Waals surface area contributed by atoms with Crippen LogP contribution in [0.25, 0.3) is 0 Å². The number of azo groups is 1. The summed E-state index contributed by atoms with van der Waals surface area (Å²) in [4.78, 5) is 0. The van der Waals surface area contributed by atoms with Gasteiger partial charge in [0.1, 0.15) is 17.1 Å². The maximum Gasteiger partial charge on any atom is 0.146 e. The second-order valence-electron chi connectivity index (χ2n) is 7.92. The maximum atomic E-state index is 10.6. The third-order valence-electron chi connectivity index (χ3n) is 3.77. The van der Waals surface area contributed by atoms with Crippen LogP contribution in [0.1, 0.15) is 52.7 Å². The van der Waals surface area contributed by atoms with Crippen LogP contribution < -0.4 is 5.73 Å². The molecule has 3 N–H and O–H groups in total. The van der Waals surface area contributed by atoms with Crippen LogP contribution in [0.2, 0.25) is 0 Å². The van der Waals surface area contributed by atoms with E-state index in [1.165, 1.54) is 12.4 Å². The van der Waals surface area contributed by atoms with Crippen molar-refractivity contribution in [2.75, 3.05) is 5.73 Å². The van der Waals surface area contributed by atoms with Crippen LogP contribution in [0.3, 0.4) is 0 Å². The van der Waals surface area contributed by atoms with E-state index in [1.54, 1.807) is 0 Å². The van der Waals surface area contributed by atoms with Crippen molar-refractivity contribution < 1.29 is 5.11 Å². The molecule has 0 saturated carbocycles. The first-order valence-electron chi connectivity index (χ1n) is 7.86. The Morgan fingerprint density at radius 2 is 1.46 bits per heavy atom. The monoisotopic (exact) mass is 327 g/mol. The second kappa shape index (κ2) is 6.19. The number of nitrogens with two attached hydrogens (primary N) is 1. The van der Waals surface area contributed by atoms with Crippen molar-refractivity contribution in [3.05, 3.63) is 35.7 Å². The zero-order chi connectivity index (χ0) is 18.1. The van der Waals surface area contributed by atoms with Gasteiger partial charge in [-0.05, 0) is 22.5 Å². The molecule has 0 aliphatic rings. The quantitative estimate of drug-likeness (QED) is 0.776. The standard InChI is InChI=1S/C18H25N5O/c1-17(2,3)11-7-12(18(4,5)6)16(24)14(8-11)22-23-15-10-21-20-9-13(15)19/h7-10,24H,1-6H3,(H2,19,21). The molecule has 0 aliphatic carbocycles. The first-order valence-corrected chi connectivity index (χ1v) is 7.86. The van der Waals surface area contributed by atoms with Crippen LogP contribution in [0.5, 0.6) is 5.75 Å². The van der Waals surface area contributed by atoms with E-state index in [-0.39, 0.29) is 16.6 Å². The molecule has 24 heavy (non-hydrogen) atoms. The zero-order valence-corrected chi connectivity index (χ0v) is 15.1. The van der Waals surface area contributed by atoms with Gasteiger partial charge in [-0.3, -0.25) is 0 Å². The van der Waals surface area contributed by atoms with Crippen LogP contribution in [0.15, 0.2) is 34.8 Å². The Morgan fingerprint density at radius 3 is 2.00 bits per heavy atom. The number of phenols is 1. The van der Waals surface area contributed by atoms with Crippen LogP contribution >= 0.6 is 0 Å².